The van der Waals surface area contributed by atoms with Crippen molar-refractivity contribution in [1.29, 1.82) is 0 Å². The molecule has 1 amide bonds. The number of halogens is 3. The highest BCUT2D eigenvalue weighted by Gasteiger charge is 2.64. The average molecular weight is 527 g/mol. The van der Waals surface area contributed by atoms with Crippen LogP contribution in [-0.2, 0) is 5.54 Å². The second-order valence-electron chi connectivity index (χ2n) is 9.37. The van der Waals surface area contributed by atoms with Crippen LogP contribution in [0.3, 0.4) is 0 Å². The van der Waals surface area contributed by atoms with E-state index in [1.54, 1.807) is 13.8 Å². The molecule has 4 rings (SSSR count). The van der Waals surface area contributed by atoms with Crippen LogP contribution in [0.15, 0.2) is 35.5 Å². The molecule has 0 aromatic carbocycles. The summed E-state index contributed by atoms with van der Waals surface area (Å²) in [6.07, 6.45) is 0.225. The van der Waals surface area contributed by atoms with E-state index in [1.165, 1.54) is 25.1 Å². The predicted octanol–water partition coefficient (Wildman–Crippen LogP) is 3.12. The van der Waals surface area contributed by atoms with Gasteiger partial charge in [-0.25, -0.2) is 22.9 Å². The summed E-state index contributed by atoms with van der Waals surface area (Å²) in [5.41, 5.74) is 3.77. The number of nitrogens with one attached hydrogen (secondary N) is 2. The van der Waals surface area contributed by atoms with E-state index in [0.29, 0.717) is 0 Å². The number of fused-ring (bicyclic) bond motifs is 1. The second kappa shape index (κ2) is 8.42. The van der Waals surface area contributed by atoms with Gasteiger partial charge >= 0.3 is 5.97 Å². The number of aromatic nitrogens is 2. The number of carboxylic acid groups (broad SMARTS) is 1. The van der Waals surface area contributed by atoms with Crippen molar-refractivity contribution < 1.29 is 32.4 Å². The van der Waals surface area contributed by atoms with E-state index < -0.39 is 62.6 Å². The summed E-state index contributed by atoms with van der Waals surface area (Å²) in [5, 5.41) is 10.1. The Morgan fingerprint density at radius 1 is 1.22 bits per heavy atom. The highest BCUT2D eigenvalue weighted by atomic mass is 32.3. The Bertz CT molecular complexity index is 1270. The Balaban J connectivity index is 1.74. The number of rotatable bonds is 4. The van der Waals surface area contributed by atoms with Crippen LogP contribution in [0.4, 0.5) is 19.0 Å². The molecule has 10 nitrogen and oxygen atoms in total. The first-order valence-electron chi connectivity index (χ1n) is 10.8. The zero-order valence-corrected chi connectivity index (χ0v) is 20.4. The smallest absolute Gasteiger partial charge is 0.337 e. The Labute approximate surface area is 205 Å². The average Bonchev–Trinajstić information content (AvgIpc) is 2.80. The molecule has 0 saturated carbocycles. The molecule has 194 valence electrons. The summed E-state index contributed by atoms with van der Waals surface area (Å²) >= 11 is 0. The predicted molar refractivity (Wildman–Crippen MR) is 128 cm³/mol. The Morgan fingerprint density at radius 2 is 1.92 bits per heavy atom. The van der Waals surface area contributed by atoms with Gasteiger partial charge in [-0.15, -0.1) is 0 Å². The first-order valence-corrected chi connectivity index (χ1v) is 12.5. The molecule has 6 N–H and O–H groups in total. The number of hydrogen-bond donors (Lipinski definition) is 5. The molecule has 2 aromatic heterocycles. The zero-order valence-electron chi connectivity index (χ0n) is 19.6. The molecule has 1 fully saturated rings. The monoisotopic (exact) mass is 526 g/mol. The van der Waals surface area contributed by atoms with Gasteiger partial charge in [0.1, 0.15) is 34.4 Å². The summed E-state index contributed by atoms with van der Waals surface area (Å²) in [6, 6.07) is 4.55. The molecule has 1 unspecified atom stereocenters. The fourth-order valence-corrected chi connectivity index (χ4v) is 7.75. The van der Waals surface area contributed by atoms with Crippen LogP contribution in [0.25, 0.3) is 0 Å². The number of carbonyl (C=O) groups is 2. The fraction of sp³-hybridized carbons (Fsp3) is 0.409. The van der Waals surface area contributed by atoms with Crippen molar-refractivity contribution in [1.82, 2.24) is 14.7 Å². The maximum Gasteiger partial charge on any atom is 0.337 e. The normalized spacial score (nSPS) is 30.3. The van der Waals surface area contributed by atoms with E-state index in [4.69, 9.17) is 10.8 Å². The third-order valence-electron chi connectivity index (χ3n) is 6.63. The van der Waals surface area contributed by atoms with Gasteiger partial charge in [0.15, 0.2) is 0 Å². The lowest BCUT2D eigenvalue weighted by Crippen LogP contribution is -2.65. The molecule has 0 aliphatic carbocycles. The molecule has 36 heavy (non-hydrogen) atoms. The van der Waals surface area contributed by atoms with Crippen molar-refractivity contribution in [3.05, 3.63) is 53.2 Å². The molecular weight excluding hydrogens is 501 g/mol. The van der Waals surface area contributed by atoms with E-state index in [1.807, 2.05) is 0 Å². The highest BCUT2D eigenvalue weighted by molar-refractivity contribution is 8.29. The lowest BCUT2D eigenvalue weighted by Gasteiger charge is -2.61. The van der Waals surface area contributed by atoms with Gasteiger partial charge in [-0.2, -0.15) is 0 Å². The minimum Gasteiger partial charge on any atom is -0.478 e. The molecular formula is C22H25F3N6O4S. The van der Waals surface area contributed by atoms with Crippen molar-refractivity contribution in [2.45, 2.75) is 48.7 Å². The van der Waals surface area contributed by atoms with Gasteiger partial charge in [-0.3, -0.25) is 19.5 Å². The van der Waals surface area contributed by atoms with Gasteiger partial charge in [0.05, 0.1) is 22.1 Å². The molecule has 1 saturated heterocycles. The van der Waals surface area contributed by atoms with Crippen LogP contribution in [0.5, 0.6) is 0 Å². The lowest BCUT2D eigenvalue weighted by atomic mass is 9.88. The standard InChI is InChI=1S/C22H25F3N6O4S/c1-20(2)19(26)31-21(3,14-8-22(24,25)10-28-36(14,20)35)16-12(23)5-7-15(29-16)30-17(32)13-6-4-11(9-27-13)18(33)34/h4-7,9,14,28,35H,8,10H2,1-3H3,(H2,26,31)(H,33,34)(H,29,30,32)/t14-,21-/m0/s1. The number of aromatic carboxylic acids is 1. The maximum atomic E-state index is 15.1. The quantitative estimate of drug-likeness (QED) is 0.406. The first-order chi connectivity index (χ1) is 16.6. The first kappa shape index (κ1) is 25.9. The van der Waals surface area contributed by atoms with E-state index in [2.05, 4.69) is 25.0 Å². The van der Waals surface area contributed by atoms with Crippen LogP contribution in [0.1, 0.15) is 53.7 Å². The van der Waals surface area contributed by atoms with Crippen molar-refractivity contribution >= 4 is 34.0 Å². The van der Waals surface area contributed by atoms with Crippen molar-refractivity contribution in [2.75, 3.05) is 11.9 Å². The summed E-state index contributed by atoms with van der Waals surface area (Å²) < 4.78 is 57.2. The van der Waals surface area contributed by atoms with E-state index in [-0.39, 0.29) is 28.6 Å². The summed E-state index contributed by atoms with van der Waals surface area (Å²) in [4.78, 5) is 35.9. The van der Waals surface area contributed by atoms with Gasteiger partial charge in [0, 0.05) is 12.6 Å². The van der Waals surface area contributed by atoms with Crippen LogP contribution >= 0.6 is 10.5 Å². The molecule has 4 heterocycles. The number of pyridine rings is 2. The molecule has 0 spiro atoms. The van der Waals surface area contributed by atoms with Gasteiger partial charge in [0.2, 0.25) is 0 Å². The summed E-state index contributed by atoms with van der Waals surface area (Å²) in [6.45, 7) is 3.80. The molecule has 2 aliphatic heterocycles. The number of hydrogen-bond acceptors (Lipinski definition) is 8. The third-order valence-corrected chi connectivity index (χ3v) is 10.4. The number of nitrogens with zero attached hydrogens (tertiary/aromatic N) is 3. The topological polar surface area (TPSA) is 163 Å². The van der Waals surface area contributed by atoms with Crippen molar-refractivity contribution in [3.8, 4) is 0 Å². The Kier molecular flexibility index (Phi) is 6.05. The molecule has 14 heteroatoms. The second-order valence-corrected chi connectivity index (χ2v) is 12.5. The number of amides is 1. The number of amidine groups is 1. The minimum absolute atomic E-state index is 0.0465. The van der Waals surface area contributed by atoms with E-state index >= 15 is 4.39 Å². The number of aliphatic imine (C=N–C) groups is 1. The van der Waals surface area contributed by atoms with Gasteiger partial charge in [0.25, 0.3) is 11.8 Å². The molecule has 0 bridgehead atoms. The Hall–Kier alpha value is -3.23. The zero-order chi connectivity index (χ0) is 26.7. The molecule has 2 aromatic rings. The third kappa shape index (κ3) is 4.08. The summed E-state index contributed by atoms with van der Waals surface area (Å²) in [7, 11) is -3.08. The van der Waals surface area contributed by atoms with E-state index in [0.717, 1.165) is 12.3 Å². The number of anilines is 1. The lowest BCUT2D eigenvalue weighted by molar-refractivity contribution is -0.0148. The largest absolute Gasteiger partial charge is 0.478 e. The van der Waals surface area contributed by atoms with Crippen LogP contribution in [-0.4, -0.2) is 59.8 Å². The van der Waals surface area contributed by atoms with Crippen LogP contribution in [0, 0.1) is 5.82 Å². The fourth-order valence-electron chi connectivity index (χ4n) is 4.37. The van der Waals surface area contributed by atoms with E-state index in [9.17, 15) is 22.9 Å². The molecule has 3 atom stereocenters. The van der Waals surface area contributed by atoms with Crippen LogP contribution < -0.4 is 15.8 Å². The number of carbonyl (C=O) groups excluding carboxylic acids is 1. The van der Waals surface area contributed by atoms with Crippen molar-refractivity contribution in [2.24, 2.45) is 10.7 Å². The number of nitrogens with two attached hydrogens (primary N) is 1. The minimum atomic E-state index is -3.20. The number of carboxylic acids is 1. The maximum absolute atomic E-state index is 15.1. The number of alkyl halides is 2. The van der Waals surface area contributed by atoms with Gasteiger partial charge < -0.3 is 20.7 Å². The summed E-state index contributed by atoms with van der Waals surface area (Å²) in [5.74, 6) is -6.23. The SMILES string of the molecule is CC1(C)C(N)=N[C@](C)(c2nc(NC(=O)c3ccc(C(=O)O)cn3)ccc2F)[C@@H]2CC(F)(F)CNS21O. The highest BCUT2D eigenvalue weighted by Crippen LogP contribution is 2.67. The van der Waals surface area contributed by atoms with Crippen molar-refractivity contribution in [3.63, 3.8) is 0 Å². The molecule has 0 radical (unpaired) electrons. The van der Waals surface area contributed by atoms with Gasteiger partial charge in [-0.05, 0) is 45.0 Å². The molecule has 2 aliphatic rings. The Morgan fingerprint density at radius 3 is 2.53 bits per heavy atom. The van der Waals surface area contributed by atoms with Crippen LogP contribution in [0.2, 0.25) is 0 Å². The van der Waals surface area contributed by atoms with Gasteiger partial charge in [-0.1, -0.05) is 10.5 Å².